The summed E-state index contributed by atoms with van der Waals surface area (Å²) in [5.74, 6) is 1.85. The Hall–Kier alpha value is -1.06. The Labute approximate surface area is 110 Å². The molecule has 2 unspecified atom stereocenters. The molecule has 0 radical (unpaired) electrons. The first-order chi connectivity index (χ1) is 8.63. The lowest BCUT2D eigenvalue weighted by molar-refractivity contribution is 0.369. The Balaban J connectivity index is 2.10. The molecule has 0 aromatic carbocycles. The summed E-state index contributed by atoms with van der Waals surface area (Å²) in [6.07, 6.45) is 5.00. The molecule has 0 amide bonds. The van der Waals surface area contributed by atoms with E-state index in [9.17, 15) is 0 Å². The summed E-state index contributed by atoms with van der Waals surface area (Å²) in [5, 5.41) is 4.07. The van der Waals surface area contributed by atoms with E-state index in [2.05, 4.69) is 42.7 Å². The standard InChI is InChI=1S/C14H25N3O/c1-5-7-11(4)12-8-6-9-17(12)14-15-13(10(2)3)16-18-14/h10-12H,5-9H2,1-4H3. The molecule has 1 fully saturated rings. The minimum atomic E-state index is 0.330. The summed E-state index contributed by atoms with van der Waals surface area (Å²) in [7, 11) is 0. The first-order valence-electron chi connectivity index (χ1n) is 7.23. The molecule has 2 heterocycles. The predicted octanol–water partition coefficient (Wildman–Crippen LogP) is 3.60. The number of hydrogen-bond acceptors (Lipinski definition) is 4. The zero-order chi connectivity index (χ0) is 13.1. The molecule has 0 saturated carbocycles. The topological polar surface area (TPSA) is 42.2 Å². The first-order valence-corrected chi connectivity index (χ1v) is 7.23. The monoisotopic (exact) mass is 251 g/mol. The molecule has 1 aromatic heterocycles. The third kappa shape index (κ3) is 2.68. The van der Waals surface area contributed by atoms with Gasteiger partial charge >= 0.3 is 6.01 Å². The third-order valence-corrected chi connectivity index (χ3v) is 3.89. The largest absolute Gasteiger partial charge is 0.324 e. The fraction of sp³-hybridized carbons (Fsp3) is 0.857. The van der Waals surface area contributed by atoms with Crippen LogP contribution in [-0.4, -0.2) is 22.7 Å². The van der Waals surface area contributed by atoms with E-state index in [1.807, 2.05) is 0 Å². The molecule has 0 aliphatic carbocycles. The average Bonchev–Trinajstić information content (AvgIpc) is 2.98. The van der Waals surface area contributed by atoms with Gasteiger partial charge in [-0.3, -0.25) is 0 Å². The maximum atomic E-state index is 5.43. The van der Waals surface area contributed by atoms with Crippen LogP contribution in [0.3, 0.4) is 0 Å². The van der Waals surface area contributed by atoms with Crippen LogP contribution >= 0.6 is 0 Å². The van der Waals surface area contributed by atoms with E-state index in [1.165, 1.54) is 25.7 Å². The summed E-state index contributed by atoms with van der Waals surface area (Å²) in [4.78, 5) is 6.85. The van der Waals surface area contributed by atoms with Gasteiger partial charge < -0.3 is 9.42 Å². The smallest absolute Gasteiger partial charge is 0.321 e. The molecule has 0 bridgehead atoms. The average molecular weight is 251 g/mol. The molecule has 2 rings (SSSR count). The van der Waals surface area contributed by atoms with Crippen LogP contribution < -0.4 is 4.90 Å². The summed E-state index contributed by atoms with van der Waals surface area (Å²) < 4.78 is 5.43. The zero-order valence-corrected chi connectivity index (χ0v) is 12.0. The molecular formula is C14H25N3O. The van der Waals surface area contributed by atoms with Gasteiger partial charge in [-0.1, -0.05) is 39.3 Å². The fourth-order valence-electron chi connectivity index (χ4n) is 2.85. The maximum absolute atomic E-state index is 5.43. The highest BCUT2D eigenvalue weighted by Gasteiger charge is 2.32. The van der Waals surface area contributed by atoms with Crippen LogP contribution in [0.5, 0.6) is 0 Å². The van der Waals surface area contributed by atoms with Crippen LogP contribution in [0.2, 0.25) is 0 Å². The lowest BCUT2D eigenvalue weighted by atomic mass is 9.95. The second-order valence-electron chi connectivity index (χ2n) is 5.76. The van der Waals surface area contributed by atoms with Crippen LogP contribution in [0.4, 0.5) is 6.01 Å². The van der Waals surface area contributed by atoms with Gasteiger partial charge in [0, 0.05) is 18.5 Å². The molecule has 4 heteroatoms. The Morgan fingerprint density at radius 3 is 2.78 bits per heavy atom. The van der Waals surface area contributed by atoms with Gasteiger partial charge in [0.05, 0.1) is 0 Å². The number of anilines is 1. The zero-order valence-electron chi connectivity index (χ0n) is 12.0. The number of nitrogens with zero attached hydrogens (tertiary/aromatic N) is 3. The lowest BCUT2D eigenvalue weighted by Crippen LogP contribution is -2.34. The van der Waals surface area contributed by atoms with Crippen molar-refractivity contribution in [2.75, 3.05) is 11.4 Å². The fourth-order valence-corrected chi connectivity index (χ4v) is 2.85. The lowest BCUT2D eigenvalue weighted by Gasteiger charge is -2.27. The molecule has 4 nitrogen and oxygen atoms in total. The van der Waals surface area contributed by atoms with E-state index >= 15 is 0 Å². The van der Waals surface area contributed by atoms with Gasteiger partial charge in [0.2, 0.25) is 0 Å². The van der Waals surface area contributed by atoms with E-state index in [4.69, 9.17) is 4.52 Å². The van der Waals surface area contributed by atoms with Gasteiger partial charge in [0.25, 0.3) is 0 Å². The van der Waals surface area contributed by atoms with Crippen LogP contribution in [-0.2, 0) is 0 Å². The van der Waals surface area contributed by atoms with Gasteiger partial charge in [-0.25, -0.2) is 0 Å². The van der Waals surface area contributed by atoms with Crippen molar-refractivity contribution in [3.63, 3.8) is 0 Å². The highest BCUT2D eigenvalue weighted by Crippen LogP contribution is 2.31. The Morgan fingerprint density at radius 2 is 2.17 bits per heavy atom. The van der Waals surface area contributed by atoms with Crippen molar-refractivity contribution in [1.82, 2.24) is 10.1 Å². The van der Waals surface area contributed by atoms with Gasteiger partial charge in [0.1, 0.15) is 0 Å². The van der Waals surface area contributed by atoms with Crippen LogP contribution in [0.15, 0.2) is 4.52 Å². The number of aromatic nitrogens is 2. The highest BCUT2D eigenvalue weighted by molar-refractivity contribution is 5.30. The van der Waals surface area contributed by atoms with E-state index in [-0.39, 0.29) is 0 Å². The van der Waals surface area contributed by atoms with Gasteiger partial charge in [-0.15, -0.1) is 0 Å². The number of hydrogen-bond donors (Lipinski definition) is 0. The Morgan fingerprint density at radius 1 is 1.39 bits per heavy atom. The molecule has 102 valence electrons. The maximum Gasteiger partial charge on any atom is 0.324 e. The summed E-state index contributed by atoms with van der Waals surface area (Å²) >= 11 is 0. The van der Waals surface area contributed by atoms with Crippen molar-refractivity contribution in [1.29, 1.82) is 0 Å². The van der Waals surface area contributed by atoms with Crippen molar-refractivity contribution in [2.24, 2.45) is 5.92 Å². The second-order valence-corrected chi connectivity index (χ2v) is 5.76. The van der Waals surface area contributed by atoms with Crippen LogP contribution in [0.25, 0.3) is 0 Å². The molecule has 0 N–H and O–H groups in total. The van der Waals surface area contributed by atoms with Crippen molar-refractivity contribution < 1.29 is 4.52 Å². The molecule has 2 atom stereocenters. The Kier molecular flexibility index (Phi) is 4.25. The van der Waals surface area contributed by atoms with Gasteiger partial charge in [-0.05, 0) is 25.2 Å². The minimum absolute atomic E-state index is 0.330. The summed E-state index contributed by atoms with van der Waals surface area (Å²) in [5.41, 5.74) is 0. The first kappa shape index (κ1) is 13.4. The van der Waals surface area contributed by atoms with E-state index in [0.717, 1.165) is 18.4 Å². The second kappa shape index (κ2) is 5.72. The molecule has 18 heavy (non-hydrogen) atoms. The quantitative estimate of drug-likeness (QED) is 0.802. The molecule has 1 aliphatic rings. The van der Waals surface area contributed by atoms with Gasteiger partial charge in [0.15, 0.2) is 5.82 Å². The SMILES string of the molecule is CCCC(C)C1CCCN1c1nc(C(C)C)no1. The van der Waals surface area contributed by atoms with Crippen molar-refractivity contribution in [2.45, 2.75) is 65.3 Å². The molecular weight excluding hydrogens is 226 g/mol. The van der Waals surface area contributed by atoms with Gasteiger partial charge in [-0.2, -0.15) is 4.98 Å². The molecule has 1 saturated heterocycles. The third-order valence-electron chi connectivity index (χ3n) is 3.89. The molecule has 1 aliphatic heterocycles. The highest BCUT2D eigenvalue weighted by atomic mass is 16.5. The van der Waals surface area contributed by atoms with Crippen molar-refractivity contribution >= 4 is 6.01 Å². The van der Waals surface area contributed by atoms with Crippen LogP contribution in [0, 0.1) is 5.92 Å². The van der Waals surface area contributed by atoms with E-state index < -0.39 is 0 Å². The van der Waals surface area contributed by atoms with E-state index in [0.29, 0.717) is 17.9 Å². The Bertz CT molecular complexity index is 375. The van der Waals surface area contributed by atoms with Crippen LogP contribution in [0.1, 0.15) is 65.1 Å². The van der Waals surface area contributed by atoms with Crippen molar-refractivity contribution in [3.05, 3.63) is 5.82 Å². The summed E-state index contributed by atoms with van der Waals surface area (Å²) in [6, 6.07) is 1.30. The van der Waals surface area contributed by atoms with E-state index in [1.54, 1.807) is 0 Å². The molecule has 0 spiro atoms. The molecule has 1 aromatic rings. The summed E-state index contributed by atoms with van der Waals surface area (Å²) in [6.45, 7) is 9.83. The number of rotatable bonds is 5. The normalized spacial score (nSPS) is 21.8. The van der Waals surface area contributed by atoms with Crippen molar-refractivity contribution in [3.8, 4) is 0 Å². The minimum Gasteiger partial charge on any atom is -0.321 e. The predicted molar refractivity (Wildman–Crippen MR) is 72.8 cm³/mol.